The van der Waals surface area contributed by atoms with E-state index in [0.29, 0.717) is 0 Å². The molecule has 0 nitrogen and oxygen atoms in total. The molecule has 0 aliphatic heterocycles. The highest BCUT2D eigenvalue weighted by Gasteiger charge is 2.23. The van der Waals surface area contributed by atoms with E-state index < -0.39 is 0 Å². The summed E-state index contributed by atoms with van der Waals surface area (Å²) in [4.78, 5) is 0. The van der Waals surface area contributed by atoms with E-state index in [-0.39, 0.29) is 5.82 Å². The van der Waals surface area contributed by atoms with Crippen LogP contribution in [0.15, 0.2) is 6.07 Å². The Morgan fingerprint density at radius 1 is 0.933 bits per heavy atom. The smallest absolute Gasteiger partial charge is 0.130 e. The Morgan fingerprint density at radius 2 is 1.40 bits per heavy atom. The zero-order chi connectivity index (χ0) is 10.8. The minimum atomic E-state index is 0.141. The van der Waals surface area contributed by atoms with Gasteiger partial charge < -0.3 is 0 Å². The van der Waals surface area contributed by atoms with Gasteiger partial charge in [0.1, 0.15) is 5.82 Å². The van der Waals surface area contributed by atoms with Crippen LogP contribution < -0.4 is 0 Å². The van der Waals surface area contributed by atoms with Crippen LogP contribution in [0.3, 0.4) is 0 Å². The van der Waals surface area contributed by atoms with Gasteiger partial charge in [-0.1, -0.05) is 12.7 Å². The largest absolute Gasteiger partial charge is 0.206 e. The highest BCUT2D eigenvalue weighted by atomic mass is 31.0. The summed E-state index contributed by atoms with van der Waals surface area (Å²) in [6.45, 7) is 1.92. The molecule has 0 aromatic heterocycles. The van der Waals surface area contributed by atoms with Crippen LogP contribution in [0.25, 0.3) is 0 Å². The first-order valence-electron chi connectivity index (χ1n) is 5.76. The lowest BCUT2D eigenvalue weighted by Crippen LogP contribution is -1.96. The molecule has 0 saturated heterocycles. The second-order valence-corrected chi connectivity index (χ2v) is 4.17. The van der Waals surface area contributed by atoms with Gasteiger partial charge in [-0.2, -0.15) is 0 Å². The van der Waals surface area contributed by atoms with Gasteiger partial charge in [-0.3, -0.25) is 0 Å². The molecule has 0 saturated carbocycles. The Balaban J connectivity index is 0.000000404. The fourth-order valence-corrected chi connectivity index (χ4v) is 2.75. The van der Waals surface area contributed by atoms with Crippen molar-refractivity contribution in [2.45, 2.75) is 38.5 Å². The van der Waals surface area contributed by atoms with Crippen molar-refractivity contribution in [3.8, 4) is 0 Å². The molecule has 15 heavy (non-hydrogen) atoms. The van der Waals surface area contributed by atoms with Gasteiger partial charge in [-0.05, 0) is 60.8 Å². The number of benzene rings is 1. The van der Waals surface area contributed by atoms with Gasteiger partial charge in [0.05, 0.1) is 0 Å². The van der Waals surface area contributed by atoms with Crippen LogP contribution in [0.2, 0.25) is 0 Å². The fourth-order valence-electron chi connectivity index (χ4n) is 2.75. The number of hydrogen-bond acceptors (Lipinski definition) is 0. The maximum absolute atomic E-state index is 13.9. The van der Waals surface area contributed by atoms with Crippen molar-refractivity contribution < 1.29 is 4.39 Å². The SMILES string of the molecule is CP.Fc1c2c(cc3c1CCC3)CCC2. The molecule has 2 aliphatic carbocycles. The lowest BCUT2D eigenvalue weighted by atomic mass is 10.0. The van der Waals surface area contributed by atoms with Crippen LogP contribution in [-0.2, 0) is 25.7 Å². The number of hydrogen-bond donors (Lipinski definition) is 0. The normalized spacial score (nSPS) is 16.7. The zero-order valence-electron chi connectivity index (χ0n) is 9.28. The lowest BCUT2D eigenvalue weighted by molar-refractivity contribution is 0.598. The topological polar surface area (TPSA) is 0 Å². The van der Waals surface area contributed by atoms with E-state index in [4.69, 9.17) is 0 Å². The van der Waals surface area contributed by atoms with E-state index >= 15 is 0 Å². The van der Waals surface area contributed by atoms with Gasteiger partial charge in [-0.15, -0.1) is 9.24 Å². The highest BCUT2D eigenvalue weighted by molar-refractivity contribution is 7.15. The molecule has 1 aromatic rings. The lowest BCUT2D eigenvalue weighted by Gasteiger charge is -2.07. The number of rotatable bonds is 0. The monoisotopic (exact) mass is 224 g/mol. The van der Waals surface area contributed by atoms with E-state index in [1.54, 1.807) is 0 Å². The standard InChI is InChI=1S/C12H13F.CH5P/c13-12-10-5-1-3-8(10)7-9-4-2-6-11(9)12;1-2/h7H,1-6H2;2H2,1H3. The predicted octanol–water partition coefficient (Wildman–Crippen LogP) is 3.29. The molecule has 0 spiro atoms. The van der Waals surface area contributed by atoms with Crippen molar-refractivity contribution in [1.29, 1.82) is 0 Å². The van der Waals surface area contributed by atoms with Crippen molar-refractivity contribution in [2.24, 2.45) is 0 Å². The second-order valence-electron chi connectivity index (χ2n) is 4.17. The molecule has 0 fully saturated rings. The summed E-state index contributed by atoms with van der Waals surface area (Å²) in [6, 6.07) is 2.26. The van der Waals surface area contributed by atoms with Gasteiger partial charge in [-0.25, -0.2) is 4.39 Å². The molecule has 2 aliphatic rings. The van der Waals surface area contributed by atoms with E-state index in [2.05, 4.69) is 15.3 Å². The molecular formula is C13H18FP. The first-order valence-corrected chi connectivity index (χ1v) is 6.91. The summed E-state index contributed by atoms with van der Waals surface area (Å²) in [6.07, 6.45) is 6.42. The van der Waals surface area contributed by atoms with Crippen molar-refractivity contribution in [3.63, 3.8) is 0 Å². The van der Waals surface area contributed by atoms with Crippen molar-refractivity contribution in [1.82, 2.24) is 0 Å². The van der Waals surface area contributed by atoms with E-state index in [9.17, 15) is 4.39 Å². The van der Waals surface area contributed by atoms with Gasteiger partial charge in [0.25, 0.3) is 0 Å². The van der Waals surface area contributed by atoms with Crippen LogP contribution in [-0.4, -0.2) is 6.66 Å². The van der Waals surface area contributed by atoms with Gasteiger partial charge in [0.15, 0.2) is 0 Å². The van der Waals surface area contributed by atoms with Crippen LogP contribution in [0, 0.1) is 5.82 Å². The van der Waals surface area contributed by atoms with Gasteiger partial charge in [0.2, 0.25) is 0 Å². The Bertz CT molecular complexity index is 339. The molecule has 0 heterocycles. The summed E-state index contributed by atoms with van der Waals surface area (Å²) in [5.41, 5.74) is 4.64. The van der Waals surface area contributed by atoms with Crippen LogP contribution in [0.4, 0.5) is 4.39 Å². The molecule has 1 aromatic carbocycles. The van der Waals surface area contributed by atoms with E-state index in [1.165, 1.54) is 11.1 Å². The molecule has 0 N–H and O–H groups in total. The minimum Gasteiger partial charge on any atom is -0.206 e. The Morgan fingerprint density at radius 3 is 1.87 bits per heavy atom. The van der Waals surface area contributed by atoms with E-state index in [1.807, 2.05) is 6.66 Å². The molecule has 2 heteroatoms. The molecule has 0 radical (unpaired) electrons. The van der Waals surface area contributed by atoms with Crippen molar-refractivity contribution >= 4 is 9.24 Å². The second kappa shape index (κ2) is 4.61. The first-order chi connectivity index (χ1) is 7.36. The van der Waals surface area contributed by atoms with Crippen molar-refractivity contribution in [3.05, 3.63) is 34.1 Å². The quantitative estimate of drug-likeness (QED) is 0.593. The van der Waals surface area contributed by atoms with Crippen LogP contribution in [0.5, 0.6) is 0 Å². The Kier molecular flexibility index (Phi) is 3.41. The third kappa shape index (κ3) is 1.83. The highest BCUT2D eigenvalue weighted by Crippen LogP contribution is 2.33. The average Bonchev–Trinajstić information content (AvgIpc) is 2.89. The summed E-state index contributed by atoms with van der Waals surface area (Å²) in [5, 5.41) is 0. The maximum Gasteiger partial charge on any atom is 0.130 e. The molecule has 82 valence electrons. The third-order valence-corrected chi connectivity index (χ3v) is 3.40. The third-order valence-electron chi connectivity index (χ3n) is 3.40. The summed E-state index contributed by atoms with van der Waals surface area (Å²) >= 11 is 0. The molecular weight excluding hydrogens is 206 g/mol. The van der Waals surface area contributed by atoms with Gasteiger partial charge in [0, 0.05) is 0 Å². The summed E-state index contributed by atoms with van der Waals surface area (Å²) in [7, 11) is 2.42. The molecule has 1 unspecified atom stereocenters. The Hall–Kier alpha value is -0.420. The van der Waals surface area contributed by atoms with E-state index in [0.717, 1.165) is 49.7 Å². The average molecular weight is 224 g/mol. The molecule has 0 amide bonds. The molecule has 0 bridgehead atoms. The van der Waals surface area contributed by atoms with Gasteiger partial charge >= 0.3 is 0 Å². The Labute approximate surface area is 93.5 Å². The summed E-state index contributed by atoms with van der Waals surface area (Å²) < 4.78 is 13.9. The molecule has 3 rings (SSSR count). The number of aryl methyl sites for hydroxylation is 2. The predicted molar refractivity (Wildman–Crippen MR) is 66.1 cm³/mol. The molecule has 1 atom stereocenters. The van der Waals surface area contributed by atoms with Crippen LogP contribution in [0.1, 0.15) is 35.1 Å². The fraction of sp³-hybridized carbons (Fsp3) is 0.538. The first kappa shape index (κ1) is 11.1. The van der Waals surface area contributed by atoms with Crippen molar-refractivity contribution in [2.75, 3.05) is 6.66 Å². The summed E-state index contributed by atoms with van der Waals surface area (Å²) in [5.74, 6) is 0.141. The number of fused-ring (bicyclic) bond motifs is 2. The maximum atomic E-state index is 13.9. The minimum absolute atomic E-state index is 0.141. The van der Waals surface area contributed by atoms with Crippen LogP contribution >= 0.6 is 9.24 Å². The zero-order valence-corrected chi connectivity index (χ0v) is 10.4. The number of halogens is 1.